The maximum absolute atomic E-state index is 12.2. The van der Waals surface area contributed by atoms with Crippen LogP contribution in [0.2, 0.25) is 0 Å². The number of rotatable bonds is 3. The molecule has 1 heterocycles. The van der Waals surface area contributed by atoms with E-state index in [0.717, 1.165) is 10.6 Å². The minimum atomic E-state index is -4.71. The van der Waals surface area contributed by atoms with Crippen LogP contribution in [0.1, 0.15) is 27.2 Å². The minimum absolute atomic E-state index is 0.282. The lowest BCUT2D eigenvalue weighted by atomic mass is 10.1. The van der Waals surface area contributed by atoms with Gasteiger partial charge in [0.2, 0.25) is 0 Å². The summed E-state index contributed by atoms with van der Waals surface area (Å²) in [5.74, 6) is -0.282. The lowest BCUT2D eigenvalue weighted by Gasteiger charge is -2.12. The first-order chi connectivity index (χ1) is 9.26. The summed E-state index contributed by atoms with van der Waals surface area (Å²) in [7, 11) is 0. The van der Waals surface area contributed by atoms with Gasteiger partial charge in [0.15, 0.2) is 0 Å². The molecule has 108 valence electrons. The van der Waals surface area contributed by atoms with Crippen molar-refractivity contribution in [3.63, 3.8) is 0 Å². The Balaban J connectivity index is 2.26. The molecule has 0 saturated heterocycles. The third-order valence-electron chi connectivity index (χ3n) is 2.76. The molecule has 0 aliphatic rings. The summed E-state index contributed by atoms with van der Waals surface area (Å²) in [6, 6.07) is 5.08. The van der Waals surface area contributed by atoms with Gasteiger partial charge in [-0.25, -0.2) is 4.98 Å². The number of nitrogens with zero attached hydrogens (tertiary/aromatic N) is 1. The molecule has 0 amide bonds. The highest BCUT2D eigenvalue weighted by Crippen LogP contribution is 2.29. The average Bonchev–Trinajstić information content (AvgIpc) is 2.67. The quantitative estimate of drug-likeness (QED) is 0.940. The zero-order chi connectivity index (χ0) is 14.9. The Morgan fingerprint density at radius 2 is 2.00 bits per heavy atom. The molecular weight excluding hydrogens is 289 g/mol. The van der Waals surface area contributed by atoms with Crippen LogP contribution >= 0.6 is 11.3 Å². The zero-order valence-corrected chi connectivity index (χ0v) is 11.7. The molecule has 0 fully saturated rings. The molecule has 0 spiro atoms. The van der Waals surface area contributed by atoms with Crippen molar-refractivity contribution in [2.75, 3.05) is 0 Å². The van der Waals surface area contributed by atoms with Gasteiger partial charge in [-0.2, -0.15) is 0 Å². The SMILES string of the molecule is Cc1nc(C(N)c2cccc(OC(F)(F)F)c2)sc1C. The fourth-order valence-electron chi connectivity index (χ4n) is 1.68. The van der Waals surface area contributed by atoms with Crippen molar-refractivity contribution in [1.82, 2.24) is 4.98 Å². The van der Waals surface area contributed by atoms with E-state index >= 15 is 0 Å². The summed E-state index contributed by atoms with van der Waals surface area (Å²) < 4.78 is 40.5. The predicted molar refractivity (Wildman–Crippen MR) is 70.7 cm³/mol. The van der Waals surface area contributed by atoms with Crippen LogP contribution in [0.15, 0.2) is 24.3 Å². The number of alkyl halides is 3. The van der Waals surface area contributed by atoms with Crippen LogP contribution in [-0.4, -0.2) is 11.3 Å². The Morgan fingerprint density at radius 3 is 2.55 bits per heavy atom. The highest BCUT2D eigenvalue weighted by atomic mass is 32.1. The topological polar surface area (TPSA) is 48.1 Å². The summed E-state index contributed by atoms with van der Waals surface area (Å²) in [5.41, 5.74) is 7.45. The third kappa shape index (κ3) is 3.49. The smallest absolute Gasteiger partial charge is 0.406 e. The lowest BCUT2D eigenvalue weighted by molar-refractivity contribution is -0.274. The number of thiazole rings is 1. The molecule has 0 saturated carbocycles. The van der Waals surface area contributed by atoms with E-state index in [9.17, 15) is 13.2 Å². The molecule has 1 atom stereocenters. The van der Waals surface area contributed by atoms with Gasteiger partial charge in [-0.15, -0.1) is 24.5 Å². The fourth-order valence-corrected chi connectivity index (χ4v) is 2.63. The first kappa shape index (κ1) is 14.8. The predicted octanol–water partition coefficient (Wildman–Crippen LogP) is 3.71. The standard InChI is InChI=1S/C13H13F3N2OS/c1-7-8(2)20-12(18-7)11(17)9-4-3-5-10(6-9)19-13(14,15)16/h3-6,11H,17H2,1-2H3. The summed E-state index contributed by atoms with van der Waals surface area (Å²) in [6.45, 7) is 3.79. The summed E-state index contributed by atoms with van der Waals surface area (Å²) in [5, 5.41) is 0.671. The van der Waals surface area contributed by atoms with E-state index in [0.29, 0.717) is 10.6 Å². The number of halogens is 3. The van der Waals surface area contributed by atoms with Crippen molar-refractivity contribution in [3.05, 3.63) is 45.4 Å². The first-order valence-corrected chi connectivity index (χ1v) is 6.63. The second-order valence-electron chi connectivity index (χ2n) is 4.29. The molecule has 3 nitrogen and oxygen atoms in total. The van der Waals surface area contributed by atoms with Crippen molar-refractivity contribution < 1.29 is 17.9 Å². The second-order valence-corrected chi connectivity index (χ2v) is 5.53. The van der Waals surface area contributed by atoms with Gasteiger partial charge in [0, 0.05) is 4.88 Å². The monoisotopic (exact) mass is 302 g/mol. The number of hydrogen-bond acceptors (Lipinski definition) is 4. The van der Waals surface area contributed by atoms with E-state index in [2.05, 4.69) is 9.72 Å². The molecule has 2 rings (SSSR count). The molecule has 0 aliphatic carbocycles. The summed E-state index contributed by atoms with van der Waals surface area (Å²) in [6.07, 6.45) is -4.71. The van der Waals surface area contributed by atoms with Crippen LogP contribution in [-0.2, 0) is 0 Å². The van der Waals surface area contributed by atoms with Gasteiger partial charge < -0.3 is 10.5 Å². The second kappa shape index (κ2) is 5.41. The molecule has 2 aromatic rings. The van der Waals surface area contributed by atoms with Crippen molar-refractivity contribution >= 4 is 11.3 Å². The molecule has 0 bridgehead atoms. The molecule has 1 aromatic carbocycles. The molecule has 7 heteroatoms. The molecule has 20 heavy (non-hydrogen) atoms. The van der Waals surface area contributed by atoms with E-state index in [1.54, 1.807) is 6.07 Å². The van der Waals surface area contributed by atoms with Crippen molar-refractivity contribution in [3.8, 4) is 5.75 Å². The number of ether oxygens (including phenoxy) is 1. The Kier molecular flexibility index (Phi) is 4.01. The normalized spacial score (nSPS) is 13.3. The van der Waals surface area contributed by atoms with Crippen LogP contribution < -0.4 is 10.5 Å². The Labute approximate surface area is 118 Å². The van der Waals surface area contributed by atoms with E-state index in [1.807, 2.05) is 13.8 Å². The Bertz CT molecular complexity index is 590. The summed E-state index contributed by atoms with van der Waals surface area (Å²) in [4.78, 5) is 5.36. The van der Waals surface area contributed by atoms with Crippen molar-refractivity contribution in [2.45, 2.75) is 26.3 Å². The van der Waals surface area contributed by atoms with Gasteiger partial charge in [0.1, 0.15) is 10.8 Å². The van der Waals surface area contributed by atoms with E-state index in [4.69, 9.17) is 5.73 Å². The van der Waals surface area contributed by atoms with Crippen molar-refractivity contribution in [1.29, 1.82) is 0 Å². The highest BCUT2D eigenvalue weighted by Gasteiger charge is 2.31. The Morgan fingerprint density at radius 1 is 1.30 bits per heavy atom. The number of aryl methyl sites for hydroxylation is 2. The summed E-state index contributed by atoms with van der Waals surface area (Å²) >= 11 is 1.44. The van der Waals surface area contributed by atoms with E-state index < -0.39 is 12.4 Å². The van der Waals surface area contributed by atoms with Gasteiger partial charge in [-0.3, -0.25) is 0 Å². The molecule has 1 unspecified atom stereocenters. The van der Waals surface area contributed by atoms with Crippen LogP contribution in [0.3, 0.4) is 0 Å². The Hall–Kier alpha value is -1.60. The van der Waals surface area contributed by atoms with Crippen LogP contribution in [0, 0.1) is 13.8 Å². The first-order valence-electron chi connectivity index (χ1n) is 5.81. The van der Waals surface area contributed by atoms with Gasteiger partial charge in [-0.05, 0) is 31.5 Å². The van der Waals surface area contributed by atoms with E-state index in [1.165, 1.54) is 29.5 Å². The largest absolute Gasteiger partial charge is 0.573 e. The zero-order valence-electron chi connectivity index (χ0n) is 10.9. The average molecular weight is 302 g/mol. The number of aromatic nitrogens is 1. The maximum atomic E-state index is 12.2. The molecule has 2 N–H and O–H groups in total. The highest BCUT2D eigenvalue weighted by molar-refractivity contribution is 7.11. The van der Waals surface area contributed by atoms with E-state index in [-0.39, 0.29) is 5.75 Å². The lowest BCUT2D eigenvalue weighted by Crippen LogP contribution is -2.18. The van der Waals surface area contributed by atoms with Crippen molar-refractivity contribution in [2.24, 2.45) is 5.73 Å². The van der Waals surface area contributed by atoms with Gasteiger partial charge in [0.05, 0.1) is 11.7 Å². The maximum Gasteiger partial charge on any atom is 0.573 e. The molecule has 1 aromatic heterocycles. The number of benzene rings is 1. The molecule has 0 radical (unpaired) electrons. The van der Waals surface area contributed by atoms with Gasteiger partial charge in [0.25, 0.3) is 0 Å². The third-order valence-corrected chi connectivity index (χ3v) is 3.92. The van der Waals surface area contributed by atoms with Crippen LogP contribution in [0.25, 0.3) is 0 Å². The molecule has 0 aliphatic heterocycles. The fraction of sp³-hybridized carbons (Fsp3) is 0.308. The number of hydrogen-bond donors (Lipinski definition) is 1. The van der Waals surface area contributed by atoms with Crippen LogP contribution in [0.4, 0.5) is 13.2 Å². The van der Waals surface area contributed by atoms with Gasteiger partial charge in [-0.1, -0.05) is 12.1 Å². The minimum Gasteiger partial charge on any atom is -0.406 e. The van der Waals surface area contributed by atoms with Gasteiger partial charge >= 0.3 is 6.36 Å². The van der Waals surface area contributed by atoms with Crippen LogP contribution in [0.5, 0.6) is 5.75 Å². The number of nitrogens with two attached hydrogens (primary N) is 1. The molecular formula is C13H13F3N2OS.